The van der Waals surface area contributed by atoms with Crippen molar-refractivity contribution in [3.05, 3.63) is 29.3 Å². The number of rotatable bonds is 8. The molecule has 124 valence electrons. The molecular weight excluding hydrogens is 290 g/mol. The fourth-order valence-corrected chi connectivity index (χ4v) is 3.44. The minimum atomic E-state index is 0.663. The molecule has 4 heteroatoms. The maximum Gasteiger partial charge on any atom is 0.102 e. The van der Waals surface area contributed by atoms with Crippen molar-refractivity contribution in [2.75, 3.05) is 20.1 Å². The minimum Gasteiger partial charge on any atom is -0.297 e. The normalized spacial score (nSPS) is 12.1. The summed E-state index contributed by atoms with van der Waals surface area (Å²) in [6.07, 6.45) is 1.91. The van der Waals surface area contributed by atoms with E-state index < -0.39 is 0 Å². The summed E-state index contributed by atoms with van der Waals surface area (Å²) in [7, 11) is 2.06. The van der Waals surface area contributed by atoms with E-state index in [2.05, 4.69) is 80.4 Å². The van der Waals surface area contributed by atoms with Gasteiger partial charge in [-0.25, -0.2) is 9.30 Å². The lowest BCUT2D eigenvalue weighted by atomic mass is 10.1. The molecule has 0 bridgehead atoms. The Morgan fingerprint density at radius 1 is 1.09 bits per heavy atom. The lowest BCUT2D eigenvalue weighted by molar-refractivity contribution is 0.359. The van der Waals surface area contributed by atoms with Crippen molar-refractivity contribution in [2.24, 2.45) is 16.8 Å². The molecule has 1 rings (SSSR count). The van der Waals surface area contributed by atoms with Crippen LogP contribution in [0.25, 0.3) is 0 Å². The lowest BCUT2D eigenvalue weighted by Gasteiger charge is -2.27. The smallest absolute Gasteiger partial charge is 0.102 e. The third-order valence-electron chi connectivity index (χ3n) is 3.09. The second-order valence-corrected chi connectivity index (χ2v) is 8.05. The molecular formula is C18H31N3S. The van der Waals surface area contributed by atoms with Crippen LogP contribution in [0, 0.1) is 25.7 Å². The third kappa shape index (κ3) is 7.32. The predicted molar refractivity (Wildman–Crippen MR) is 101 cm³/mol. The summed E-state index contributed by atoms with van der Waals surface area (Å²) >= 11 is 1.75. The first-order chi connectivity index (χ1) is 10.3. The van der Waals surface area contributed by atoms with E-state index in [-0.39, 0.29) is 0 Å². The van der Waals surface area contributed by atoms with E-state index in [1.165, 1.54) is 11.1 Å². The van der Waals surface area contributed by atoms with E-state index in [1.807, 2.05) is 6.34 Å². The summed E-state index contributed by atoms with van der Waals surface area (Å²) < 4.78 is 4.51. The number of aryl methyl sites for hydroxylation is 2. The summed E-state index contributed by atoms with van der Waals surface area (Å²) in [6.45, 7) is 15.4. The standard InChI is InChI=1S/C18H31N3S/c1-14(2)11-21(12-15(3)4)22-20(7)13-19-18-9-8-16(5)10-17(18)6/h8-10,13-15H,11-12H2,1-7H3. The predicted octanol–water partition coefficient (Wildman–Crippen LogP) is 5.07. The van der Waals surface area contributed by atoms with Gasteiger partial charge in [0.1, 0.15) is 6.34 Å². The van der Waals surface area contributed by atoms with Crippen LogP contribution in [0.4, 0.5) is 5.69 Å². The Morgan fingerprint density at radius 3 is 2.18 bits per heavy atom. The van der Waals surface area contributed by atoms with Crippen LogP contribution >= 0.6 is 12.1 Å². The maximum atomic E-state index is 4.61. The highest BCUT2D eigenvalue weighted by Crippen LogP contribution is 2.21. The first kappa shape index (κ1) is 19.0. The summed E-state index contributed by atoms with van der Waals surface area (Å²) in [6, 6.07) is 6.36. The molecule has 0 aromatic heterocycles. The van der Waals surface area contributed by atoms with E-state index in [9.17, 15) is 0 Å². The Hall–Kier alpha value is -1.00. The summed E-state index contributed by atoms with van der Waals surface area (Å²) in [5.41, 5.74) is 3.53. The molecule has 0 N–H and O–H groups in total. The molecule has 0 heterocycles. The van der Waals surface area contributed by atoms with Gasteiger partial charge in [-0.3, -0.25) is 4.31 Å². The van der Waals surface area contributed by atoms with Gasteiger partial charge in [-0.1, -0.05) is 45.4 Å². The monoisotopic (exact) mass is 321 g/mol. The van der Waals surface area contributed by atoms with E-state index in [0.29, 0.717) is 11.8 Å². The molecule has 0 fully saturated rings. The third-order valence-corrected chi connectivity index (χ3v) is 3.97. The Bertz CT molecular complexity index is 473. The first-order valence-electron chi connectivity index (χ1n) is 8.05. The average Bonchev–Trinajstić information content (AvgIpc) is 2.35. The van der Waals surface area contributed by atoms with Crippen LogP contribution in [0.3, 0.4) is 0 Å². The zero-order valence-corrected chi connectivity index (χ0v) is 15.9. The van der Waals surface area contributed by atoms with Gasteiger partial charge < -0.3 is 0 Å². The van der Waals surface area contributed by atoms with Gasteiger partial charge in [0.05, 0.1) is 5.69 Å². The van der Waals surface area contributed by atoms with Crippen molar-refractivity contribution in [1.82, 2.24) is 8.61 Å². The first-order valence-corrected chi connectivity index (χ1v) is 8.78. The molecule has 0 saturated heterocycles. The molecule has 1 aromatic carbocycles. The van der Waals surface area contributed by atoms with Crippen molar-refractivity contribution in [1.29, 1.82) is 0 Å². The van der Waals surface area contributed by atoms with Gasteiger partial charge in [-0.05, 0) is 37.3 Å². The minimum absolute atomic E-state index is 0.663. The van der Waals surface area contributed by atoms with Crippen LogP contribution in [0.15, 0.2) is 23.2 Å². The van der Waals surface area contributed by atoms with Gasteiger partial charge in [-0.15, -0.1) is 0 Å². The quantitative estimate of drug-likeness (QED) is 0.378. The Morgan fingerprint density at radius 2 is 1.68 bits per heavy atom. The molecule has 0 unspecified atom stereocenters. The largest absolute Gasteiger partial charge is 0.297 e. The molecule has 0 saturated carbocycles. The highest BCUT2D eigenvalue weighted by Gasteiger charge is 2.12. The Labute approximate surface area is 141 Å². The fraction of sp³-hybridized carbons (Fsp3) is 0.611. The Kier molecular flexibility index (Phi) is 7.97. The Balaban J connectivity index is 2.65. The lowest BCUT2D eigenvalue weighted by Crippen LogP contribution is -2.29. The molecule has 0 aliphatic rings. The van der Waals surface area contributed by atoms with Crippen molar-refractivity contribution in [3.63, 3.8) is 0 Å². The summed E-state index contributed by atoms with van der Waals surface area (Å²) in [5, 5.41) is 0. The van der Waals surface area contributed by atoms with E-state index >= 15 is 0 Å². The highest BCUT2D eigenvalue weighted by atomic mass is 32.2. The van der Waals surface area contributed by atoms with Gasteiger partial charge in [-0.2, -0.15) is 0 Å². The molecule has 0 atom stereocenters. The molecule has 0 radical (unpaired) electrons. The van der Waals surface area contributed by atoms with Crippen LogP contribution in [0.1, 0.15) is 38.8 Å². The number of hydrogen-bond donors (Lipinski definition) is 0. The van der Waals surface area contributed by atoms with Gasteiger partial charge in [0, 0.05) is 32.3 Å². The van der Waals surface area contributed by atoms with E-state index in [0.717, 1.165) is 18.8 Å². The molecule has 0 spiro atoms. The number of benzene rings is 1. The summed E-state index contributed by atoms with van der Waals surface area (Å²) in [4.78, 5) is 4.61. The number of hydrogen-bond acceptors (Lipinski definition) is 3. The van der Waals surface area contributed by atoms with E-state index in [1.54, 1.807) is 12.1 Å². The second-order valence-electron chi connectivity index (χ2n) is 6.80. The van der Waals surface area contributed by atoms with Crippen molar-refractivity contribution in [3.8, 4) is 0 Å². The van der Waals surface area contributed by atoms with Crippen LogP contribution in [-0.2, 0) is 0 Å². The van der Waals surface area contributed by atoms with Gasteiger partial charge in [0.15, 0.2) is 0 Å². The topological polar surface area (TPSA) is 18.8 Å². The average molecular weight is 322 g/mol. The second kappa shape index (κ2) is 9.21. The van der Waals surface area contributed by atoms with Crippen LogP contribution < -0.4 is 0 Å². The van der Waals surface area contributed by atoms with Crippen molar-refractivity contribution in [2.45, 2.75) is 41.5 Å². The van der Waals surface area contributed by atoms with E-state index in [4.69, 9.17) is 0 Å². The maximum absolute atomic E-state index is 4.61. The van der Waals surface area contributed by atoms with Gasteiger partial charge in [0.2, 0.25) is 0 Å². The molecule has 0 aliphatic heterocycles. The number of nitrogens with zero attached hydrogens (tertiary/aromatic N) is 3. The molecule has 3 nitrogen and oxygen atoms in total. The van der Waals surface area contributed by atoms with Crippen LogP contribution in [0.2, 0.25) is 0 Å². The molecule has 0 amide bonds. The number of aliphatic imine (C=N–C) groups is 1. The SMILES string of the molecule is Cc1ccc(N=CN(C)SN(CC(C)C)CC(C)C)c(C)c1. The molecule has 0 aliphatic carbocycles. The zero-order valence-electron chi connectivity index (χ0n) is 15.1. The molecule has 22 heavy (non-hydrogen) atoms. The zero-order chi connectivity index (χ0) is 16.7. The van der Waals surface area contributed by atoms with Crippen molar-refractivity contribution < 1.29 is 0 Å². The summed E-state index contributed by atoms with van der Waals surface area (Å²) in [5.74, 6) is 1.33. The highest BCUT2D eigenvalue weighted by molar-refractivity contribution is 7.95. The van der Waals surface area contributed by atoms with Crippen molar-refractivity contribution >= 4 is 24.2 Å². The van der Waals surface area contributed by atoms with Crippen LogP contribution in [0.5, 0.6) is 0 Å². The van der Waals surface area contributed by atoms with Gasteiger partial charge >= 0.3 is 0 Å². The fourth-order valence-electron chi connectivity index (χ4n) is 2.25. The molecule has 1 aromatic rings. The van der Waals surface area contributed by atoms with Crippen LogP contribution in [-0.4, -0.2) is 35.1 Å². The van der Waals surface area contributed by atoms with Gasteiger partial charge in [0.25, 0.3) is 0 Å².